The van der Waals surface area contributed by atoms with Gasteiger partial charge in [-0.1, -0.05) is 29.8 Å². The lowest BCUT2D eigenvalue weighted by Crippen LogP contribution is -2.34. The molecule has 7 heteroatoms. The molecule has 0 aliphatic heterocycles. The molecule has 0 spiro atoms. The Morgan fingerprint density at radius 2 is 1.86 bits per heavy atom. The van der Waals surface area contributed by atoms with Gasteiger partial charge in [-0.15, -0.1) is 0 Å². The van der Waals surface area contributed by atoms with Crippen LogP contribution in [0.25, 0.3) is 0 Å². The molecule has 0 bridgehead atoms. The first-order chi connectivity index (χ1) is 13.6. The molecule has 0 fully saturated rings. The monoisotopic (exact) mass is 403 g/mol. The van der Waals surface area contributed by atoms with E-state index in [9.17, 15) is 9.18 Å². The molecular formula is C21H19ClFNO4. The molecule has 5 nitrogen and oxygen atoms in total. The van der Waals surface area contributed by atoms with Crippen molar-refractivity contribution in [3.8, 4) is 11.5 Å². The Kier molecular flexibility index (Phi) is 6.55. The van der Waals surface area contributed by atoms with E-state index in [1.54, 1.807) is 42.5 Å². The number of rotatable bonds is 8. The minimum atomic E-state index is -0.476. The van der Waals surface area contributed by atoms with Gasteiger partial charge in [-0.3, -0.25) is 4.79 Å². The number of nitrogens with zero attached hydrogens (tertiary/aromatic N) is 1. The minimum absolute atomic E-state index is 0.0136. The summed E-state index contributed by atoms with van der Waals surface area (Å²) < 4.78 is 30.4. The highest BCUT2D eigenvalue weighted by molar-refractivity contribution is 6.31. The molecule has 1 heterocycles. The summed E-state index contributed by atoms with van der Waals surface area (Å²) in [4.78, 5) is 14.3. The number of ether oxygens (including phenoxy) is 2. The normalized spacial score (nSPS) is 10.5. The molecule has 3 aromatic rings. The van der Waals surface area contributed by atoms with E-state index in [2.05, 4.69) is 0 Å². The third-order valence-corrected chi connectivity index (χ3v) is 4.46. The zero-order valence-electron chi connectivity index (χ0n) is 15.2. The molecule has 0 N–H and O–H groups in total. The summed E-state index contributed by atoms with van der Waals surface area (Å²) in [6, 6.07) is 14.9. The maximum atomic E-state index is 14.2. The molecule has 146 valence electrons. The molecule has 1 aromatic heterocycles. The van der Waals surface area contributed by atoms with Crippen LogP contribution in [0.15, 0.2) is 65.3 Å². The van der Waals surface area contributed by atoms with E-state index in [0.29, 0.717) is 17.3 Å². The minimum Gasteiger partial charge on any atom is -0.493 e. The predicted octanol–water partition coefficient (Wildman–Crippen LogP) is 4.69. The Morgan fingerprint density at radius 1 is 1.07 bits per heavy atom. The van der Waals surface area contributed by atoms with Crippen molar-refractivity contribution in [1.82, 2.24) is 4.90 Å². The summed E-state index contributed by atoms with van der Waals surface area (Å²) in [6.45, 7) is -0.0980. The van der Waals surface area contributed by atoms with Gasteiger partial charge < -0.3 is 18.8 Å². The van der Waals surface area contributed by atoms with Crippen LogP contribution < -0.4 is 9.47 Å². The smallest absolute Gasteiger partial charge is 0.261 e. The Bertz CT molecular complexity index is 910. The second kappa shape index (κ2) is 9.28. The van der Waals surface area contributed by atoms with Crippen LogP contribution in [0, 0.1) is 5.82 Å². The van der Waals surface area contributed by atoms with Crippen molar-refractivity contribution in [1.29, 1.82) is 0 Å². The van der Waals surface area contributed by atoms with E-state index in [-0.39, 0.29) is 36.2 Å². The molecule has 3 rings (SSSR count). The summed E-state index contributed by atoms with van der Waals surface area (Å²) in [6.07, 6.45) is 1.51. The molecule has 0 saturated heterocycles. The van der Waals surface area contributed by atoms with Crippen molar-refractivity contribution >= 4 is 17.5 Å². The zero-order chi connectivity index (χ0) is 19.9. The molecule has 0 aliphatic carbocycles. The van der Waals surface area contributed by atoms with Gasteiger partial charge in [0.1, 0.15) is 11.6 Å². The zero-order valence-corrected chi connectivity index (χ0v) is 16.0. The number of hydrogen-bond donors (Lipinski definition) is 0. The molecular weight excluding hydrogens is 385 g/mol. The van der Waals surface area contributed by atoms with Crippen LogP contribution in [0.3, 0.4) is 0 Å². The van der Waals surface area contributed by atoms with Crippen LogP contribution in [-0.2, 0) is 17.9 Å². The van der Waals surface area contributed by atoms with E-state index in [4.69, 9.17) is 25.5 Å². The van der Waals surface area contributed by atoms with Crippen LogP contribution >= 0.6 is 11.6 Å². The first-order valence-electron chi connectivity index (χ1n) is 8.57. The number of hydrogen-bond acceptors (Lipinski definition) is 4. The Labute approximate surface area is 167 Å². The Balaban J connectivity index is 1.77. The van der Waals surface area contributed by atoms with Crippen molar-refractivity contribution in [3.05, 3.63) is 83.0 Å². The largest absolute Gasteiger partial charge is 0.493 e. The van der Waals surface area contributed by atoms with Crippen molar-refractivity contribution < 1.29 is 23.1 Å². The van der Waals surface area contributed by atoms with E-state index >= 15 is 0 Å². The highest BCUT2D eigenvalue weighted by atomic mass is 35.5. The third-order valence-electron chi connectivity index (χ3n) is 4.11. The third kappa shape index (κ3) is 4.84. The fourth-order valence-electron chi connectivity index (χ4n) is 2.67. The second-order valence-electron chi connectivity index (χ2n) is 5.97. The molecule has 1 amide bonds. The molecule has 0 aliphatic rings. The highest BCUT2D eigenvalue weighted by Gasteiger charge is 2.20. The van der Waals surface area contributed by atoms with Crippen LogP contribution in [-0.4, -0.2) is 24.5 Å². The van der Waals surface area contributed by atoms with Gasteiger partial charge in [0, 0.05) is 10.6 Å². The first kappa shape index (κ1) is 19.8. The number of methoxy groups -OCH3 is 1. The van der Waals surface area contributed by atoms with Crippen LogP contribution in [0.2, 0.25) is 5.02 Å². The fraction of sp³-hybridized carbons (Fsp3) is 0.190. The average Bonchev–Trinajstić information content (AvgIpc) is 3.21. The first-order valence-corrected chi connectivity index (χ1v) is 8.95. The second-order valence-corrected chi connectivity index (χ2v) is 6.38. The Hall–Kier alpha value is -2.99. The standard InChI is InChI=1S/C21H19ClFNO4/c1-26-19-9-2-3-10-20(19)28-14-21(25)24(12-15-6-5-11-27-15)13-16-17(22)7-4-8-18(16)23/h2-11H,12-14H2,1H3. The van der Waals surface area contributed by atoms with Crippen LogP contribution in [0.5, 0.6) is 11.5 Å². The lowest BCUT2D eigenvalue weighted by atomic mass is 10.2. The van der Waals surface area contributed by atoms with E-state index < -0.39 is 5.82 Å². The molecule has 0 saturated carbocycles. The number of amides is 1. The maximum Gasteiger partial charge on any atom is 0.261 e. The predicted molar refractivity (Wildman–Crippen MR) is 103 cm³/mol. The SMILES string of the molecule is COc1ccccc1OCC(=O)N(Cc1ccco1)Cc1c(F)cccc1Cl. The van der Waals surface area contributed by atoms with E-state index in [1.165, 1.54) is 30.4 Å². The number of carbonyl (C=O) groups excluding carboxylic acids is 1. The fourth-order valence-corrected chi connectivity index (χ4v) is 2.89. The topological polar surface area (TPSA) is 51.9 Å². The molecule has 28 heavy (non-hydrogen) atoms. The van der Waals surface area contributed by atoms with Gasteiger partial charge in [-0.25, -0.2) is 4.39 Å². The molecule has 0 atom stereocenters. The number of para-hydroxylation sites is 2. The van der Waals surface area contributed by atoms with Crippen molar-refractivity contribution in [2.45, 2.75) is 13.1 Å². The van der Waals surface area contributed by atoms with Crippen LogP contribution in [0.1, 0.15) is 11.3 Å². The summed E-state index contributed by atoms with van der Waals surface area (Å²) in [5.41, 5.74) is 0.237. The molecule has 2 aromatic carbocycles. The van der Waals surface area contributed by atoms with E-state index in [0.717, 1.165) is 0 Å². The number of furan rings is 1. The van der Waals surface area contributed by atoms with Gasteiger partial charge in [-0.2, -0.15) is 0 Å². The van der Waals surface area contributed by atoms with Gasteiger partial charge in [0.05, 0.1) is 26.5 Å². The maximum absolute atomic E-state index is 14.2. The van der Waals surface area contributed by atoms with Gasteiger partial charge in [0.2, 0.25) is 0 Å². The Morgan fingerprint density at radius 3 is 2.54 bits per heavy atom. The number of halogens is 2. The van der Waals surface area contributed by atoms with Gasteiger partial charge in [0.25, 0.3) is 5.91 Å². The van der Waals surface area contributed by atoms with Crippen molar-refractivity contribution in [2.24, 2.45) is 0 Å². The number of carbonyl (C=O) groups is 1. The van der Waals surface area contributed by atoms with Crippen molar-refractivity contribution in [2.75, 3.05) is 13.7 Å². The van der Waals surface area contributed by atoms with Gasteiger partial charge in [0.15, 0.2) is 18.1 Å². The molecule has 0 radical (unpaired) electrons. The van der Waals surface area contributed by atoms with Gasteiger partial charge >= 0.3 is 0 Å². The summed E-state index contributed by atoms with van der Waals surface area (Å²) >= 11 is 6.12. The lowest BCUT2D eigenvalue weighted by molar-refractivity contribution is -0.135. The summed E-state index contributed by atoms with van der Waals surface area (Å²) in [5.74, 6) is 0.709. The average molecular weight is 404 g/mol. The van der Waals surface area contributed by atoms with Crippen molar-refractivity contribution in [3.63, 3.8) is 0 Å². The summed E-state index contributed by atoms with van der Waals surface area (Å²) in [7, 11) is 1.52. The lowest BCUT2D eigenvalue weighted by Gasteiger charge is -2.23. The van der Waals surface area contributed by atoms with Gasteiger partial charge in [-0.05, 0) is 36.4 Å². The molecule has 0 unspecified atom stereocenters. The van der Waals surface area contributed by atoms with E-state index in [1.807, 2.05) is 0 Å². The van der Waals surface area contributed by atoms with Crippen LogP contribution in [0.4, 0.5) is 4.39 Å². The quantitative estimate of drug-likeness (QED) is 0.547. The highest BCUT2D eigenvalue weighted by Crippen LogP contribution is 2.26. The summed E-state index contributed by atoms with van der Waals surface area (Å²) in [5, 5.41) is 0.253. The number of benzene rings is 2.